The number of hydrogen-bond acceptors (Lipinski definition) is 5. The van der Waals surface area contributed by atoms with E-state index in [1.165, 1.54) is 353 Å². The Morgan fingerprint density at radius 3 is 0.782 bits per heavy atom. The molecule has 0 saturated carbocycles. The van der Waals surface area contributed by atoms with Gasteiger partial charge in [0, 0.05) is 12.8 Å². The summed E-state index contributed by atoms with van der Waals surface area (Å²) in [6, 6.07) is -0.536. The molecule has 3 N–H and O–H groups in total. The Bertz CT molecular complexity index is 1130. The highest BCUT2D eigenvalue weighted by Gasteiger charge is 2.20. The van der Waals surface area contributed by atoms with Crippen molar-refractivity contribution in [3.63, 3.8) is 0 Å². The number of carbonyl (C=O) groups is 2. The summed E-state index contributed by atoms with van der Waals surface area (Å²) in [5, 5.41) is 23.4. The molecule has 0 aliphatic carbocycles. The lowest BCUT2D eigenvalue weighted by Crippen LogP contribution is -2.45. The predicted molar refractivity (Wildman–Crippen MR) is 343 cm³/mol. The number of carbonyl (C=O) groups excluding carboxylic acids is 2. The van der Waals surface area contributed by atoms with Crippen molar-refractivity contribution >= 4 is 11.9 Å². The molecule has 2 unspecified atom stereocenters. The molecule has 0 heterocycles. The molecule has 0 aromatic heterocycles. The zero-order valence-electron chi connectivity index (χ0n) is 53.4. The lowest BCUT2D eigenvalue weighted by molar-refractivity contribution is -0.143. The monoisotopic (exact) mass is 1100 g/mol. The third kappa shape index (κ3) is 64.0. The fourth-order valence-corrected chi connectivity index (χ4v) is 11.9. The van der Waals surface area contributed by atoms with E-state index in [9.17, 15) is 19.8 Å². The van der Waals surface area contributed by atoms with Crippen LogP contribution < -0.4 is 5.32 Å². The van der Waals surface area contributed by atoms with E-state index < -0.39 is 12.1 Å². The average molecular weight is 1100 g/mol. The van der Waals surface area contributed by atoms with E-state index in [0.29, 0.717) is 25.9 Å². The number of aliphatic hydroxyl groups is 2. The van der Waals surface area contributed by atoms with Crippen LogP contribution in [-0.2, 0) is 14.3 Å². The minimum absolute atomic E-state index is 0.0235. The maximum atomic E-state index is 12.5. The predicted octanol–water partition coefficient (Wildman–Crippen LogP) is 23.4. The van der Waals surface area contributed by atoms with Gasteiger partial charge in [0.2, 0.25) is 5.91 Å². The van der Waals surface area contributed by atoms with E-state index in [1.54, 1.807) is 0 Å². The number of esters is 1. The highest BCUT2D eigenvalue weighted by molar-refractivity contribution is 5.76. The third-order valence-electron chi connectivity index (χ3n) is 17.4. The normalized spacial score (nSPS) is 12.4. The van der Waals surface area contributed by atoms with Crippen LogP contribution in [0.4, 0.5) is 0 Å². The zero-order chi connectivity index (χ0) is 56.4. The van der Waals surface area contributed by atoms with Gasteiger partial charge in [0.1, 0.15) is 0 Å². The topological polar surface area (TPSA) is 95.9 Å². The van der Waals surface area contributed by atoms with Crippen LogP contribution in [0.15, 0.2) is 0 Å². The van der Waals surface area contributed by atoms with Crippen LogP contribution in [0.5, 0.6) is 0 Å². The van der Waals surface area contributed by atoms with Gasteiger partial charge in [0.15, 0.2) is 0 Å². The summed E-state index contributed by atoms with van der Waals surface area (Å²) < 4.78 is 5.49. The largest absolute Gasteiger partial charge is 0.466 e. The van der Waals surface area contributed by atoms with Gasteiger partial charge in [-0.3, -0.25) is 9.59 Å². The summed E-state index contributed by atoms with van der Waals surface area (Å²) in [5.74, 6) is -0.00238. The van der Waals surface area contributed by atoms with Crippen LogP contribution >= 0.6 is 0 Å². The molecule has 1 amide bonds. The number of ether oxygens (including phenoxy) is 1. The third-order valence-corrected chi connectivity index (χ3v) is 17.4. The van der Waals surface area contributed by atoms with E-state index in [2.05, 4.69) is 19.2 Å². The molecule has 0 fully saturated rings. The van der Waals surface area contributed by atoms with Gasteiger partial charge in [0.25, 0.3) is 0 Å². The second kappa shape index (κ2) is 68.4. The molecule has 0 rings (SSSR count). The number of hydrogen-bond donors (Lipinski definition) is 3. The van der Waals surface area contributed by atoms with E-state index in [-0.39, 0.29) is 18.5 Å². The van der Waals surface area contributed by atoms with Crippen molar-refractivity contribution in [3.05, 3.63) is 0 Å². The van der Waals surface area contributed by atoms with Gasteiger partial charge >= 0.3 is 5.97 Å². The first-order valence-electron chi connectivity index (χ1n) is 36.3. The fraction of sp³-hybridized carbons (Fsp3) is 0.972. The molecule has 466 valence electrons. The molecule has 0 saturated heterocycles. The second-order valence-corrected chi connectivity index (χ2v) is 25.3. The van der Waals surface area contributed by atoms with Crippen molar-refractivity contribution in [1.82, 2.24) is 5.32 Å². The molecule has 0 aliphatic rings. The van der Waals surface area contributed by atoms with E-state index in [4.69, 9.17) is 4.74 Å². The summed E-state index contributed by atoms with van der Waals surface area (Å²) in [6.45, 7) is 5.00. The van der Waals surface area contributed by atoms with Gasteiger partial charge in [-0.15, -0.1) is 0 Å². The molecule has 0 aromatic carbocycles. The number of amides is 1. The van der Waals surface area contributed by atoms with Crippen molar-refractivity contribution in [2.75, 3.05) is 13.2 Å². The molecule has 6 nitrogen and oxygen atoms in total. The smallest absolute Gasteiger partial charge is 0.305 e. The highest BCUT2D eigenvalue weighted by atomic mass is 16.5. The Labute approximate surface area is 489 Å². The van der Waals surface area contributed by atoms with Crippen molar-refractivity contribution in [1.29, 1.82) is 0 Å². The van der Waals surface area contributed by atoms with Gasteiger partial charge in [-0.1, -0.05) is 386 Å². The first-order chi connectivity index (χ1) is 38.5. The van der Waals surface area contributed by atoms with Crippen LogP contribution in [0.1, 0.15) is 425 Å². The lowest BCUT2D eigenvalue weighted by atomic mass is 10.0. The standard InChI is InChI=1S/C72H143NO5/c1-3-5-7-9-11-13-15-17-18-38-41-44-48-52-56-60-64-70(75)69(68-74)73-71(76)65-61-57-53-49-45-42-39-36-34-32-30-28-26-24-22-20-19-21-23-25-27-29-31-33-35-37-40-43-47-51-55-59-63-67-78-72(77)66-62-58-54-50-46-16-14-12-10-8-6-4-2/h69-70,74-75H,3-68H2,1-2H3,(H,73,76). The van der Waals surface area contributed by atoms with Crippen LogP contribution in [0, 0.1) is 0 Å². The Morgan fingerprint density at radius 1 is 0.308 bits per heavy atom. The Balaban J connectivity index is 3.30. The average Bonchev–Trinajstić information content (AvgIpc) is 3.44. The number of rotatable bonds is 69. The van der Waals surface area contributed by atoms with Gasteiger partial charge in [-0.05, 0) is 25.7 Å². The van der Waals surface area contributed by atoms with Gasteiger partial charge in [-0.2, -0.15) is 0 Å². The summed E-state index contributed by atoms with van der Waals surface area (Å²) >= 11 is 0. The molecular weight excluding hydrogens is 959 g/mol. The summed E-state index contributed by atoms with van der Waals surface area (Å²) in [4.78, 5) is 24.6. The summed E-state index contributed by atoms with van der Waals surface area (Å²) in [6.07, 6.45) is 83.1. The van der Waals surface area contributed by atoms with Crippen LogP contribution in [0.2, 0.25) is 0 Å². The molecule has 78 heavy (non-hydrogen) atoms. The van der Waals surface area contributed by atoms with Crippen LogP contribution in [0.3, 0.4) is 0 Å². The quantitative estimate of drug-likeness (QED) is 0.0417. The SMILES string of the molecule is CCCCCCCCCCCCCCCCCCC(O)C(CO)NC(=O)CCCCCCCCCCCCCCCCCCCCCCCCCCCCCCCCCCCOC(=O)CCCCCCCCCCCCCC. The lowest BCUT2D eigenvalue weighted by Gasteiger charge is -2.22. The number of unbranched alkanes of at least 4 members (excludes halogenated alkanes) is 58. The molecule has 0 spiro atoms. The molecular formula is C72H143NO5. The number of nitrogens with one attached hydrogen (secondary N) is 1. The van der Waals surface area contributed by atoms with Crippen molar-refractivity contribution in [3.8, 4) is 0 Å². The molecule has 0 aromatic rings. The summed E-state index contributed by atoms with van der Waals surface area (Å²) in [7, 11) is 0. The Hall–Kier alpha value is -1.14. The maximum Gasteiger partial charge on any atom is 0.305 e. The van der Waals surface area contributed by atoms with Crippen molar-refractivity contribution in [2.45, 2.75) is 437 Å². The maximum absolute atomic E-state index is 12.5. The van der Waals surface area contributed by atoms with Crippen LogP contribution in [0.25, 0.3) is 0 Å². The first kappa shape index (κ1) is 76.9. The van der Waals surface area contributed by atoms with E-state index >= 15 is 0 Å². The van der Waals surface area contributed by atoms with Crippen molar-refractivity contribution < 1.29 is 24.5 Å². The highest BCUT2D eigenvalue weighted by Crippen LogP contribution is 2.20. The van der Waals surface area contributed by atoms with E-state index in [1.807, 2.05) is 0 Å². The molecule has 0 radical (unpaired) electrons. The molecule has 2 atom stereocenters. The Kier molecular flexibility index (Phi) is 67.4. The molecule has 0 aliphatic heterocycles. The van der Waals surface area contributed by atoms with Gasteiger partial charge < -0.3 is 20.3 Å². The zero-order valence-corrected chi connectivity index (χ0v) is 53.4. The number of aliphatic hydroxyl groups excluding tert-OH is 2. The van der Waals surface area contributed by atoms with Gasteiger partial charge in [-0.25, -0.2) is 0 Å². The minimum atomic E-state index is -0.660. The Morgan fingerprint density at radius 2 is 0.526 bits per heavy atom. The molecule has 0 bridgehead atoms. The first-order valence-corrected chi connectivity index (χ1v) is 36.3. The van der Waals surface area contributed by atoms with Gasteiger partial charge in [0.05, 0.1) is 25.4 Å². The van der Waals surface area contributed by atoms with Crippen LogP contribution in [-0.4, -0.2) is 47.4 Å². The fourth-order valence-electron chi connectivity index (χ4n) is 11.9. The second-order valence-electron chi connectivity index (χ2n) is 25.3. The minimum Gasteiger partial charge on any atom is -0.466 e. The van der Waals surface area contributed by atoms with Crippen molar-refractivity contribution in [2.24, 2.45) is 0 Å². The van der Waals surface area contributed by atoms with E-state index in [0.717, 1.165) is 38.5 Å². The summed E-state index contributed by atoms with van der Waals surface area (Å²) in [5.41, 5.74) is 0. The molecule has 6 heteroatoms.